The van der Waals surface area contributed by atoms with Crippen LogP contribution in [0.25, 0.3) is 11.4 Å². The Morgan fingerprint density at radius 1 is 1.24 bits per heavy atom. The first kappa shape index (κ1) is 25.9. The van der Waals surface area contributed by atoms with Crippen LogP contribution in [0.4, 0.5) is 11.5 Å². The number of hydrogen-bond donors (Lipinski definition) is 2. The van der Waals surface area contributed by atoms with Crippen LogP contribution in [0, 0.1) is 0 Å². The minimum Gasteiger partial charge on any atom is -0.412 e. The minimum atomic E-state index is 0. The Labute approximate surface area is 193 Å². The number of thioether (sulfide) groups is 1. The summed E-state index contributed by atoms with van der Waals surface area (Å²) in [6.07, 6.45) is 4.49. The van der Waals surface area contributed by atoms with Crippen LogP contribution in [0.5, 0.6) is 0 Å². The summed E-state index contributed by atoms with van der Waals surface area (Å²) >= 11 is 1.88. The normalized spacial score (nSPS) is 19.3. The fraction of sp³-hybridized carbons (Fsp3) is 0.474. The molecule has 8 nitrogen and oxygen atoms in total. The molecule has 6 N–H and O–H groups in total. The molecule has 29 heavy (non-hydrogen) atoms. The molecule has 0 amide bonds. The molecular weight excluding hydrogens is 507 g/mol. The molecule has 1 atom stereocenters. The monoisotopic (exact) mass is 538 g/mol. The van der Waals surface area contributed by atoms with E-state index in [-0.39, 0.29) is 41.1 Å². The van der Waals surface area contributed by atoms with Crippen molar-refractivity contribution in [2.75, 3.05) is 36.4 Å². The van der Waals surface area contributed by atoms with Crippen molar-refractivity contribution in [2.24, 2.45) is 0 Å². The van der Waals surface area contributed by atoms with Gasteiger partial charge in [0.05, 0.1) is 35.4 Å². The van der Waals surface area contributed by atoms with E-state index in [9.17, 15) is 0 Å². The van der Waals surface area contributed by atoms with Gasteiger partial charge >= 0.3 is 0 Å². The summed E-state index contributed by atoms with van der Waals surface area (Å²) in [5.74, 6) is 1.71. The third kappa shape index (κ3) is 5.30. The molecule has 0 radical (unpaired) electrons. The maximum Gasteiger partial charge on any atom is 0.161 e. The lowest BCUT2D eigenvalue weighted by atomic mass is 10.1. The Hall–Kier alpha value is -1.18. The van der Waals surface area contributed by atoms with Crippen molar-refractivity contribution in [3.63, 3.8) is 0 Å². The lowest BCUT2D eigenvalue weighted by molar-refractivity contribution is 0.0985. The zero-order valence-corrected chi connectivity index (χ0v) is 19.7. The number of rotatable bonds is 5. The van der Waals surface area contributed by atoms with Crippen LogP contribution >= 0.6 is 35.7 Å². The molecule has 2 fully saturated rings. The van der Waals surface area contributed by atoms with Gasteiger partial charge in [-0.25, -0.2) is 9.97 Å². The predicted molar refractivity (Wildman–Crippen MR) is 130 cm³/mol. The maximum atomic E-state index is 9.03. The van der Waals surface area contributed by atoms with E-state index in [2.05, 4.69) is 29.6 Å². The molecule has 164 valence electrons. The molecule has 2 heterocycles. The van der Waals surface area contributed by atoms with E-state index in [0.29, 0.717) is 11.7 Å². The van der Waals surface area contributed by atoms with Gasteiger partial charge in [-0.3, -0.25) is 10.7 Å². The molecule has 2 aliphatic rings. The van der Waals surface area contributed by atoms with E-state index in [1.807, 2.05) is 36.0 Å². The van der Waals surface area contributed by atoms with Crippen molar-refractivity contribution >= 4 is 47.2 Å². The molecule has 10 heteroatoms. The van der Waals surface area contributed by atoms with Crippen molar-refractivity contribution in [1.29, 1.82) is 0 Å². The largest absolute Gasteiger partial charge is 0.412 e. The molecule has 0 spiro atoms. The molecule has 2 aromatic rings. The summed E-state index contributed by atoms with van der Waals surface area (Å²) in [6, 6.07) is 9.97. The van der Waals surface area contributed by atoms with Crippen molar-refractivity contribution < 1.29 is 22.3 Å². The Kier molecular flexibility index (Phi) is 9.57. The van der Waals surface area contributed by atoms with Gasteiger partial charge in [0.2, 0.25) is 0 Å². The quantitative estimate of drug-likeness (QED) is 0.442. The number of hydrogen-bond acceptors (Lipinski definition) is 7. The van der Waals surface area contributed by atoms with Crippen LogP contribution in [0.15, 0.2) is 30.3 Å². The number of benzene rings is 1. The van der Waals surface area contributed by atoms with E-state index in [1.54, 1.807) is 0 Å². The third-order valence-corrected chi connectivity index (χ3v) is 6.61. The highest BCUT2D eigenvalue weighted by Crippen LogP contribution is 2.55. The van der Waals surface area contributed by atoms with Gasteiger partial charge in [-0.1, -0.05) is 0 Å². The molecule has 4 rings (SSSR count). The summed E-state index contributed by atoms with van der Waals surface area (Å²) in [6.45, 7) is 4.46. The van der Waals surface area contributed by atoms with Gasteiger partial charge in [-0.05, 0) is 50.3 Å². The second kappa shape index (κ2) is 10.7. The standard InChI is InChI=1S/C19H24N4O2S.HI.2H2O.H2/c1-13-12-25-10-9-23(13)17-11-16(19(26-2)7-8-19)20-18(21-17)14-3-5-15(22-24)6-4-14;;;;/h3-6,11,13,22,24H,7-10,12H2,1-2H3;1H;2*1H2;1H/t13-;;;;/m0..../s1. The van der Waals surface area contributed by atoms with Crippen molar-refractivity contribution in [2.45, 2.75) is 30.6 Å². The Morgan fingerprint density at radius 2 is 1.93 bits per heavy atom. The molecular formula is C19H31IN4O4S. The maximum absolute atomic E-state index is 9.03. The molecule has 0 unspecified atom stereocenters. The zero-order chi connectivity index (χ0) is 18.1. The molecule has 1 saturated heterocycles. The second-order valence-electron chi connectivity index (χ2n) is 6.94. The number of halogens is 1. The van der Waals surface area contributed by atoms with Gasteiger partial charge in [0.25, 0.3) is 0 Å². The first-order valence-electron chi connectivity index (χ1n) is 8.95. The fourth-order valence-electron chi connectivity index (χ4n) is 3.38. The van der Waals surface area contributed by atoms with Gasteiger partial charge in [0.1, 0.15) is 5.82 Å². The topological polar surface area (TPSA) is 134 Å². The average Bonchev–Trinajstić information content (AvgIpc) is 3.49. The summed E-state index contributed by atoms with van der Waals surface area (Å²) in [5, 5.41) is 9.03. The zero-order valence-electron chi connectivity index (χ0n) is 16.5. The number of morpholine rings is 1. The van der Waals surface area contributed by atoms with Crippen molar-refractivity contribution in [1.82, 2.24) is 9.97 Å². The second-order valence-corrected chi connectivity index (χ2v) is 8.13. The number of nitrogens with one attached hydrogen (secondary N) is 1. The lowest BCUT2D eigenvalue weighted by Crippen LogP contribution is -2.44. The van der Waals surface area contributed by atoms with Crippen LogP contribution in [0.2, 0.25) is 0 Å². The lowest BCUT2D eigenvalue weighted by Gasteiger charge is -2.34. The third-order valence-electron chi connectivity index (χ3n) is 5.21. The van der Waals surface area contributed by atoms with Gasteiger partial charge < -0.3 is 20.6 Å². The van der Waals surface area contributed by atoms with Gasteiger partial charge in [0.15, 0.2) is 5.82 Å². The summed E-state index contributed by atoms with van der Waals surface area (Å²) in [4.78, 5) is 12.1. The first-order chi connectivity index (χ1) is 12.6. The Morgan fingerprint density at radius 3 is 2.48 bits per heavy atom. The number of anilines is 2. The van der Waals surface area contributed by atoms with Crippen LogP contribution in [0.1, 0.15) is 26.9 Å². The number of ether oxygens (including phenoxy) is 1. The fourth-order valence-corrected chi connectivity index (χ4v) is 4.21. The first-order valence-corrected chi connectivity index (χ1v) is 10.2. The summed E-state index contributed by atoms with van der Waals surface area (Å²) in [7, 11) is 0. The van der Waals surface area contributed by atoms with Crippen LogP contribution in [-0.4, -0.2) is 58.2 Å². The Bertz CT molecular complexity index is 799. The molecule has 1 saturated carbocycles. The van der Waals surface area contributed by atoms with Gasteiger partial charge in [-0.2, -0.15) is 11.8 Å². The van der Waals surface area contributed by atoms with Crippen molar-refractivity contribution in [3.8, 4) is 11.4 Å². The van der Waals surface area contributed by atoms with Crippen LogP contribution in [0.3, 0.4) is 0 Å². The minimum absolute atomic E-state index is 0. The average molecular weight is 538 g/mol. The molecule has 1 aliphatic heterocycles. The van der Waals surface area contributed by atoms with Crippen molar-refractivity contribution in [3.05, 3.63) is 36.0 Å². The highest BCUT2D eigenvalue weighted by Gasteiger charge is 2.45. The van der Waals surface area contributed by atoms with Crippen LogP contribution in [-0.2, 0) is 9.48 Å². The van der Waals surface area contributed by atoms with E-state index in [1.165, 1.54) is 0 Å². The summed E-state index contributed by atoms with van der Waals surface area (Å²) in [5.41, 5.74) is 4.88. The van der Waals surface area contributed by atoms with Gasteiger partial charge in [0, 0.05) is 19.6 Å². The highest BCUT2D eigenvalue weighted by atomic mass is 127. The Balaban J connectivity index is 0.00000210. The van der Waals surface area contributed by atoms with E-state index in [4.69, 9.17) is 19.9 Å². The smallest absolute Gasteiger partial charge is 0.161 e. The highest BCUT2D eigenvalue weighted by molar-refractivity contribution is 14.0. The molecule has 0 bridgehead atoms. The van der Waals surface area contributed by atoms with E-state index in [0.717, 1.165) is 55.5 Å². The van der Waals surface area contributed by atoms with Crippen LogP contribution < -0.4 is 10.4 Å². The molecule has 1 aromatic heterocycles. The molecule has 1 aliphatic carbocycles. The van der Waals surface area contributed by atoms with E-state index >= 15 is 0 Å². The predicted octanol–water partition coefficient (Wildman–Crippen LogP) is 2.74. The number of nitrogens with zero attached hydrogens (tertiary/aromatic N) is 3. The van der Waals surface area contributed by atoms with Gasteiger partial charge in [-0.15, -0.1) is 24.0 Å². The SMILES string of the molecule is CSC1(c2cc(N3CCOC[C@@H]3C)nc(-c3ccc(NO)cc3)n2)CC1.I.O.O.[HH]. The summed E-state index contributed by atoms with van der Waals surface area (Å²) < 4.78 is 5.72. The van der Waals surface area contributed by atoms with E-state index < -0.39 is 0 Å². The molecule has 1 aromatic carbocycles. The number of aromatic nitrogens is 2.